The maximum absolute atomic E-state index is 11.9. The quantitative estimate of drug-likeness (QED) is 0.721. The largest absolute Gasteiger partial charge is 0.469 e. The lowest BCUT2D eigenvalue weighted by Gasteiger charge is -2.16. The van der Waals surface area contributed by atoms with Crippen molar-refractivity contribution in [1.29, 1.82) is 0 Å². The van der Waals surface area contributed by atoms with E-state index in [1.54, 1.807) is 0 Å². The number of likely N-dealkylation sites (tertiary alicyclic amines) is 1. The molecule has 1 N–H and O–H groups in total. The number of carbonyl (C=O) groups is 2. The first-order valence-electron chi connectivity index (χ1n) is 7.28. The Morgan fingerprint density at radius 3 is 2.85 bits per heavy atom. The fraction of sp³-hybridized carbons (Fsp3) is 0.857. The van der Waals surface area contributed by atoms with Crippen LogP contribution in [0.4, 0.5) is 0 Å². The molecule has 0 radical (unpaired) electrons. The normalized spacial score (nSPS) is 30.4. The topological polar surface area (TPSA) is 67.9 Å². The minimum atomic E-state index is -0.181. The van der Waals surface area contributed by atoms with Gasteiger partial charge in [-0.3, -0.25) is 14.5 Å². The molecule has 0 bridgehead atoms. The monoisotopic (exact) mass is 284 g/mol. The Morgan fingerprint density at radius 1 is 1.40 bits per heavy atom. The molecule has 0 aliphatic carbocycles. The predicted octanol–water partition coefficient (Wildman–Crippen LogP) is 0.0225. The van der Waals surface area contributed by atoms with Gasteiger partial charge < -0.3 is 14.8 Å². The highest BCUT2D eigenvalue weighted by Crippen LogP contribution is 2.23. The van der Waals surface area contributed by atoms with E-state index in [4.69, 9.17) is 9.47 Å². The second-order valence-corrected chi connectivity index (χ2v) is 5.74. The molecule has 2 heterocycles. The Morgan fingerprint density at radius 2 is 2.20 bits per heavy atom. The summed E-state index contributed by atoms with van der Waals surface area (Å²) in [5.41, 5.74) is 0. The van der Waals surface area contributed by atoms with Crippen LogP contribution in [0.15, 0.2) is 0 Å². The SMILES string of the molecule is COC(=O)C1CN(CC(=O)NCC2CCCO2)CC1C. The van der Waals surface area contributed by atoms with Gasteiger partial charge in [-0.05, 0) is 18.8 Å². The lowest BCUT2D eigenvalue weighted by atomic mass is 9.99. The van der Waals surface area contributed by atoms with Crippen molar-refractivity contribution >= 4 is 11.9 Å². The molecule has 0 spiro atoms. The maximum atomic E-state index is 11.9. The summed E-state index contributed by atoms with van der Waals surface area (Å²) in [6.07, 6.45) is 2.26. The fourth-order valence-electron chi connectivity index (χ4n) is 2.95. The van der Waals surface area contributed by atoms with Gasteiger partial charge in [0.05, 0.1) is 25.7 Å². The molecular formula is C14H24N2O4. The van der Waals surface area contributed by atoms with Crippen molar-refractivity contribution in [2.24, 2.45) is 11.8 Å². The first kappa shape index (κ1) is 15.3. The second kappa shape index (κ2) is 7.04. The van der Waals surface area contributed by atoms with Gasteiger partial charge in [-0.15, -0.1) is 0 Å². The van der Waals surface area contributed by atoms with Gasteiger partial charge in [-0.25, -0.2) is 0 Å². The third-order valence-electron chi connectivity index (χ3n) is 4.11. The van der Waals surface area contributed by atoms with Gasteiger partial charge in [-0.2, -0.15) is 0 Å². The molecule has 2 aliphatic rings. The van der Waals surface area contributed by atoms with E-state index >= 15 is 0 Å². The smallest absolute Gasteiger partial charge is 0.310 e. The summed E-state index contributed by atoms with van der Waals surface area (Å²) < 4.78 is 10.3. The summed E-state index contributed by atoms with van der Waals surface area (Å²) >= 11 is 0. The van der Waals surface area contributed by atoms with Crippen LogP contribution in [-0.4, -0.2) is 62.8 Å². The number of ether oxygens (including phenoxy) is 2. The van der Waals surface area contributed by atoms with Crippen LogP contribution >= 0.6 is 0 Å². The van der Waals surface area contributed by atoms with Crippen molar-refractivity contribution in [2.75, 3.05) is 39.9 Å². The van der Waals surface area contributed by atoms with Crippen molar-refractivity contribution in [2.45, 2.75) is 25.9 Å². The molecule has 2 saturated heterocycles. The summed E-state index contributed by atoms with van der Waals surface area (Å²) in [7, 11) is 1.41. The van der Waals surface area contributed by atoms with Crippen LogP contribution in [0.1, 0.15) is 19.8 Å². The molecule has 6 heteroatoms. The Balaban J connectivity index is 1.70. The number of hydrogen-bond donors (Lipinski definition) is 1. The van der Waals surface area contributed by atoms with Gasteiger partial charge >= 0.3 is 5.97 Å². The fourth-order valence-corrected chi connectivity index (χ4v) is 2.95. The molecule has 0 aromatic rings. The molecule has 2 rings (SSSR count). The zero-order valence-corrected chi connectivity index (χ0v) is 12.3. The number of amides is 1. The van der Waals surface area contributed by atoms with Crippen LogP contribution in [-0.2, 0) is 19.1 Å². The highest BCUT2D eigenvalue weighted by molar-refractivity contribution is 5.78. The van der Waals surface area contributed by atoms with Crippen LogP contribution in [0.25, 0.3) is 0 Å². The molecule has 0 saturated carbocycles. The van der Waals surface area contributed by atoms with Gasteiger partial charge in [0.25, 0.3) is 0 Å². The van der Waals surface area contributed by atoms with Gasteiger partial charge in [0.15, 0.2) is 0 Å². The van der Waals surface area contributed by atoms with E-state index in [1.807, 2.05) is 11.8 Å². The molecule has 0 aromatic carbocycles. The predicted molar refractivity (Wildman–Crippen MR) is 73.1 cm³/mol. The lowest BCUT2D eigenvalue weighted by molar-refractivity contribution is -0.146. The number of nitrogens with zero attached hydrogens (tertiary/aromatic N) is 1. The van der Waals surface area contributed by atoms with Crippen LogP contribution in [0, 0.1) is 11.8 Å². The second-order valence-electron chi connectivity index (χ2n) is 5.74. The van der Waals surface area contributed by atoms with Crippen molar-refractivity contribution < 1.29 is 19.1 Å². The van der Waals surface area contributed by atoms with E-state index in [1.165, 1.54) is 7.11 Å². The third-order valence-corrected chi connectivity index (χ3v) is 4.11. The van der Waals surface area contributed by atoms with Gasteiger partial charge in [0, 0.05) is 26.2 Å². The maximum Gasteiger partial charge on any atom is 0.310 e. The van der Waals surface area contributed by atoms with E-state index in [2.05, 4.69) is 5.32 Å². The average Bonchev–Trinajstić information content (AvgIpc) is 3.05. The van der Waals surface area contributed by atoms with Crippen LogP contribution < -0.4 is 5.32 Å². The van der Waals surface area contributed by atoms with E-state index in [0.29, 0.717) is 19.6 Å². The van der Waals surface area contributed by atoms with E-state index in [0.717, 1.165) is 26.0 Å². The number of nitrogens with one attached hydrogen (secondary N) is 1. The zero-order valence-electron chi connectivity index (χ0n) is 12.3. The van der Waals surface area contributed by atoms with Crippen molar-refractivity contribution in [3.05, 3.63) is 0 Å². The summed E-state index contributed by atoms with van der Waals surface area (Å²) in [4.78, 5) is 25.5. The standard InChI is InChI=1S/C14H24N2O4/c1-10-7-16(8-12(10)14(18)19-2)9-13(17)15-6-11-4-3-5-20-11/h10-12H,3-9H2,1-2H3,(H,15,17). The number of methoxy groups -OCH3 is 1. The Bertz CT molecular complexity index is 355. The van der Waals surface area contributed by atoms with Gasteiger partial charge in [0.2, 0.25) is 5.91 Å². The molecule has 3 atom stereocenters. The lowest BCUT2D eigenvalue weighted by Crippen LogP contribution is -2.39. The highest BCUT2D eigenvalue weighted by atomic mass is 16.5. The molecule has 2 aliphatic heterocycles. The summed E-state index contributed by atoms with van der Waals surface area (Å²) in [5.74, 6) is -0.0719. The minimum absolute atomic E-state index is 0.00165. The zero-order chi connectivity index (χ0) is 14.5. The summed E-state index contributed by atoms with van der Waals surface area (Å²) in [6.45, 7) is 5.10. The molecule has 2 fully saturated rings. The van der Waals surface area contributed by atoms with E-state index in [-0.39, 0.29) is 29.8 Å². The molecule has 20 heavy (non-hydrogen) atoms. The summed E-state index contributed by atoms with van der Waals surface area (Å²) in [5, 5.41) is 2.90. The molecular weight excluding hydrogens is 260 g/mol. The van der Waals surface area contributed by atoms with Crippen molar-refractivity contribution in [3.8, 4) is 0 Å². The van der Waals surface area contributed by atoms with Crippen molar-refractivity contribution in [3.63, 3.8) is 0 Å². The van der Waals surface area contributed by atoms with Gasteiger partial charge in [0.1, 0.15) is 0 Å². The van der Waals surface area contributed by atoms with Crippen LogP contribution in [0.5, 0.6) is 0 Å². The summed E-state index contributed by atoms with van der Waals surface area (Å²) in [6, 6.07) is 0. The molecule has 6 nitrogen and oxygen atoms in total. The van der Waals surface area contributed by atoms with E-state index < -0.39 is 0 Å². The van der Waals surface area contributed by atoms with Crippen LogP contribution in [0.3, 0.4) is 0 Å². The Hall–Kier alpha value is -1.14. The first-order valence-corrected chi connectivity index (χ1v) is 7.28. The number of rotatable bonds is 5. The minimum Gasteiger partial charge on any atom is -0.469 e. The molecule has 3 unspecified atom stereocenters. The molecule has 0 aromatic heterocycles. The third kappa shape index (κ3) is 3.93. The molecule has 1 amide bonds. The van der Waals surface area contributed by atoms with Gasteiger partial charge in [-0.1, -0.05) is 6.92 Å². The van der Waals surface area contributed by atoms with Crippen LogP contribution in [0.2, 0.25) is 0 Å². The average molecular weight is 284 g/mol. The highest BCUT2D eigenvalue weighted by Gasteiger charge is 2.36. The molecule has 114 valence electrons. The Labute approximate surface area is 119 Å². The number of esters is 1. The van der Waals surface area contributed by atoms with Crippen molar-refractivity contribution in [1.82, 2.24) is 10.2 Å². The van der Waals surface area contributed by atoms with E-state index in [9.17, 15) is 9.59 Å². The number of carbonyl (C=O) groups excluding carboxylic acids is 2. The Kier molecular flexibility index (Phi) is 5.37. The first-order chi connectivity index (χ1) is 9.60. The number of hydrogen-bond acceptors (Lipinski definition) is 5.